The Balaban J connectivity index is 1.59. The van der Waals surface area contributed by atoms with E-state index in [1.54, 1.807) is 5.56 Å². The van der Waals surface area contributed by atoms with E-state index in [1.165, 1.54) is 38.0 Å². The van der Waals surface area contributed by atoms with Gasteiger partial charge in [-0.1, -0.05) is 38.1 Å². The molecule has 1 fully saturated rings. The molecule has 0 spiro atoms. The van der Waals surface area contributed by atoms with Gasteiger partial charge in [-0.2, -0.15) is 0 Å². The summed E-state index contributed by atoms with van der Waals surface area (Å²) in [5.41, 5.74) is 3.41. The second-order valence-corrected chi connectivity index (χ2v) is 7.64. The van der Waals surface area contributed by atoms with E-state index in [-0.39, 0.29) is 0 Å². The van der Waals surface area contributed by atoms with Gasteiger partial charge in [0.25, 0.3) is 0 Å². The van der Waals surface area contributed by atoms with Crippen molar-refractivity contribution in [2.45, 2.75) is 33.2 Å². The zero-order valence-corrected chi connectivity index (χ0v) is 14.2. The van der Waals surface area contributed by atoms with Crippen LogP contribution in [0.4, 0.5) is 0 Å². The third-order valence-corrected chi connectivity index (χ3v) is 4.84. The summed E-state index contributed by atoms with van der Waals surface area (Å²) in [4.78, 5) is 5.22. The number of aryl methyl sites for hydroxylation is 1. The molecule has 122 valence electrons. The molecule has 0 atom stereocenters. The Kier molecular flexibility index (Phi) is 5.17. The Morgan fingerprint density at radius 2 is 1.64 bits per heavy atom. The average Bonchev–Trinajstić information content (AvgIpc) is 2.68. The molecule has 0 aliphatic carbocycles. The molecule has 0 aromatic heterocycles. The number of morpholine rings is 1. The number of benzene rings is 1. The minimum atomic E-state index is 0.330. The minimum Gasteiger partial charge on any atom is -0.379 e. The molecule has 1 saturated heterocycles. The lowest BCUT2D eigenvalue weighted by Crippen LogP contribution is -2.46. The van der Waals surface area contributed by atoms with E-state index in [0.717, 1.165) is 32.8 Å². The Morgan fingerprint density at radius 1 is 0.955 bits per heavy atom. The minimum absolute atomic E-state index is 0.330. The van der Waals surface area contributed by atoms with Crippen LogP contribution in [0.15, 0.2) is 24.3 Å². The van der Waals surface area contributed by atoms with E-state index in [1.807, 2.05) is 0 Å². The molecule has 3 rings (SSSR count). The molecular weight excluding hydrogens is 272 g/mol. The number of nitrogens with zero attached hydrogens (tertiary/aromatic N) is 2. The monoisotopic (exact) mass is 302 g/mol. The number of ether oxygens (including phenoxy) is 1. The van der Waals surface area contributed by atoms with Gasteiger partial charge in [0.2, 0.25) is 0 Å². The predicted octanol–water partition coefficient (Wildman–Crippen LogP) is 2.79. The van der Waals surface area contributed by atoms with Gasteiger partial charge in [0.15, 0.2) is 0 Å². The molecule has 1 aromatic rings. The molecular formula is C19H30N2O. The standard InChI is InChI=1S/C19H30N2O/c1-19(2,15-20-10-12-22-13-11-20)16-21-9-5-8-17-6-3-4-7-18(17)14-21/h3-4,6-7H,5,8-16H2,1-2H3. The van der Waals surface area contributed by atoms with Gasteiger partial charge in [-0.05, 0) is 35.9 Å². The van der Waals surface area contributed by atoms with E-state index >= 15 is 0 Å². The van der Waals surface area contributed by atoms with Gasteiger partial charge in [0.05, 0.1) is 13.2 Å². The van der Waals surface area contributed by atoms with Crippen LogP contribution in [-0.2, 0) is 17.7 Å². The number of hydrogen-bond acceptors (Lipinski definition) is 3. The Bertz CT molecular complexity index is 480. The summed E-state index contributed by atoms with van der Waals surface area (Å²) in [5.74, 6) is 0. The van der Waals surface area contributed by atoms with Crippen LogP contribution in [0.2, 0.25) is 0 Å². The topological polar surface area (TPSA) is 15.7 Å². The van der Waals surface area contributed by atoms with Crippen molar-refractivity contribution in [3.8, 4) is 0 Å². The van der Waals surface area contributed by atoms with Gasteiger partial charge in [-0.25, -0.2) is 0 Å². The first-order chi connectivity index (χ1) is 10.6. The number of fused-ring (bicyclic) bond motifs is 1. The fraction of sp³-hybridized carbons (Fsp3) is 0.684. The summed E-state index contributed by atoms with van der Waals surface area (Å²) < 4.78 is 5.47. The van der Waals surface area contributed by atoms with Crippen molar-refractivity contribution in [3.63, 3.8) is 0 Å². The molecule has 2 aliphatic rings. The summed E-state index contributed by atoms with van der Waals surface area (Å²) in [5, 5.41) is 0. The summed E-state index contributed by atoms with van der Waals surface area (Å²) in [6, 6.07) is 8.97. The van der Waals surface area contributed by atoms with Gasteiger partial charge in [0, 0.05) is 32.7 Å². The molecule has 2 heterocycles. The van der Waals surface area contributed by atoms with Crippen molar-refractivity contribution in [2.24, 2.45) is 5.41 Å². The van der Waals surface area contributed by atoms with Crippen molar-refractivity contribution < 1.29 is 4.74 Å². The van der Waals surface area contributed by atoms with Crippen LogP contribution in [0, 0.1) is 5.41 Å². The van der Waals surface area contributed by atoms with Crippen molar-refractivity contribution >= 4 is 0 Å². The fourth-order valence-corrected chi connectivity index (χ4v) is 3.92. The quantitative estimate of drug-likeness (QED) is 0.850. The Hall–Kier alpha value is -0.900. The molecule has 0 amide bonds. The maximum Gasteiger partial charge on any atom is 0.0594 e. The first-order valence-electron chi connectivity index (χ1n) is 8.72. The number of hydrogen-bond donors (Lipinski definition) is 0. The Morgan fingerprint density at radius 3 is 2.41 bits per heavy atom. The molecule has 3 heteroatoms. The summed E-state index contributed by atoms with van der Waals surface area (Å²) in [6.45, 7) is 13.5. The third-order valence-electron chi connectivity index (χ3n) is 4.84. The van der Waals surface area contributed by atoms with Crippen LogP contribution in [0.1, 0.15) is 31.4 Å². The highest BCUT2D eigenvalue weighted by atomic mass is 16.5. The van der Waals surface area contributed by atoms with E-state index in [0.29, 0.717) is 5.41 Å². The first kappa shape index (κ1) is 16.0. The second-order valence-electron chi connectivity index (χ2n) is 7.64. The molecule has 0 unspecified atom stereocenters. The Labute approximate surface area is 135 Å². The van der Waals surface area contributed by atoms with Crippen LogP contribution in [0.3, 0.4) is 0 Å². The maximum absolute atomic E-state index is 5.47. The molecule has 2 aliphatic heterocycles. The van der Waals surface area contributed by atoms with E-state index in [2.05, 4.69) is 47.9 Å². The molecule has 3 nitrogen and oxygen atoms in total. The summed E-state index contributed by atoms with van der Waals surface area (Å²) >= 11 is 0. The average molecular weight is 302 g/mol. The molecule has 0 N–H and O–H groups in total. The van der Waals surface area contributed by atoms with Gasteiger partial charge < -0.3 is 4.74 Å². The van der Waals surface area contributed by atoms with Crippen molar-refractivity contribution in [2.75, 3.05) is 45.9 Å². The van der Waals surface area contributed by atoms with Crippen LogP contribution in [0.25, 0.3) is 0 Å². The normalized spacial score (nSPS) is 21.4. The smallest absolute Gasteiger partial charge is 0.0594 e. The van der Waals surface area contributed by atoms with Crippen molar-refractivity contribution in [3.05, 3.63) is 35.4 Å². The van der Waals surface area contributed by atoms with Crippen LogP contribution >= 0.6 is 0 Å². The van der Waals surface area contributed by atoms with E-state index < -0.39 is 0 Å². The van der Waals surface area contributed by atoms with Gasteiger partial charge in [0.1, 0.15) is 0 Å². The predicted molar refractivity (Wildman–Crippen MR) is 91.1 cm³/mol. The third kappa shape index (κ3) is 4.31. The van der Waals surface area contributed by atoms with Gasteiger partial charge in [-0.3, -0.25) is 9.80 Å². The molecule has 0 saturated carbocycles. The van der Waals surface area contributed by atoms with Crippen LogP contribution < -0.4 is 0 Å². The van der Waals surface area contributed by atoms with Gasteiger partial charge in [-0.15, -0.1) is 0 Å². The second kappa shape index (κ2) is 7.12. The van der Waals surface area contributed by atoms with Crippen LogP contribution in [-0.4, -0.2) is 55.7 Å². The molecule has 22 heavy (non-hydrogen) atoms. The largest absolute Gasteiger partial charge is 0.379 e. The SMILES string of the molecule is CC(C)(CN1CCOCC1)CN1CCCc2ccccc2C1. The summed E-state index contributed by atoms with van der Waals surface area (Å²) in [6.07, 6.45) is 2.52. The van der Waals surface area contributed by atoms with Crippen LogP contribution in [0.5, 0.6) is 0 Å². The van der Waals surface area contributed by atoms with Crippen molar-refractivity contribution in [1.29, 1.82) is 0 Å². The van der Waals surface area contributed by atoms with E-state index in [9.17, 15) is 0 Å². The molecule has 0 radical (unpaired) electrons. The molecule has 1 aromatic carbocycles. The summed E-state index contributed by atoms with van der Waals surface area (Å²) in [7, 11) is 0. The fourth-order valence-electron chi connectivity index (χ4n) is 3.92. The maximum atomic E-state index is 5.47. The highest BCUT2D eigenvalue weighted by molar-refractivity contribution is 5.28. The zero-order valence-electron chi connectivity index (χ0n) is 14.2. The lowest BCUT2D eigenvalue weighted by atomic mass is 9.91. The van der Waals surface area contributed by atoms with Crippen molar-refractivity contribution in [1.82, 2.24) is 9.80 Å². The van der Waals surface area contributed by atoms with E-state index in [4.69, 9.17) is 4.74 Å². The molecule has 0 bridgehead atoms. The first-order valence-corrected chi connectivity index (χ1v) is 8.72. The lowest BCUT2D eigenvalue weighted by Gasteiger charge is -2.38. The van der Waals surface area contributed by atoms with Gasteiger partial charge >= 0.3 is 0 Å². The lowest BCUT2D eigenvalue weighted by molar-refractivity contribution is 0.0146. The zero-order chi connectivity index (χ0) is 15.4. The highest BCUT2D eigenvalue weighted by Crippen LogP contribution is 2.24. The highest BCUT2D eigenvalue weighted by Gasteiger charge is 2.26. The number of rotatable bonds is 4.